The predicted molar refractivity (Wildman–Crippen MR) is 61.9 cm³/mol. The van der Waals surface area contributed by atoms with Crippen LogP contribution in [0.1, 0.15) is 10.5 Å². The van der Waals surface area contributed by atoms with Crippen molar-refractivity contribution in [1.82, 2.24) is 9.97 Å². The first-order valence-corrected chi connectivity index (χ1v) is 5.02. The maximum absolute atomic E-state index is 11.2. The molecular weight excluding hydrogens is 220 g/mol. The van der Waals surface area contributed by atoms with Gasteiger partial charge < -0.3 is 14.5 Å². The van der Waals surface area contributed by atoms with Gasteiger partial charge in [0.2, 0.25) is 0 Å². The zero-order chi connectivity index (χ0) is 12.3. The van der Waals surface area contributed by atoms with Crippen LogP contribution in [0.3, 0.4) is 0 Å². The van der Waals surface area contributed by atoms with Crippen LogP contribution in [0.25, 0.3) is 11.4 Å². The molecule has 0 radical (unpaired) electrons. The summed E-state index contributed by atoms with van der Waals surface area (Å²) in [5.74, 6) is 0.933. The summed E-state index contributed by atoms with van der Waals surface area (Å²) in [6, 6.07) is 7.38. The summed E-state index contributed by atoms with van der Waals surface area (Å²) in [5, 5.41) is 0. The van der Waals surface area contributed by atoms with Gasteiger partial charge in [0.15, 0.2) is 5.69 Å². The van der Waals surface area contributed by atoms with Crippen LogP contribution in [0.15, 0.2) is 30.5 Å². The molecule has 0 saturated carbocycles. The second-order valence-corrected chi connectivity index (χ2v) is 3.35. The fourth-order valence-electron chi connectivity index (χ4n) is 1.43. The number of esters is 1. The fourth-order valence-corrected chi connectivity index (χ4v) is 1.43. The van der Waals surface area contributed by atoms with E-state index in [-0.39, 0.29) is 5.69 Å². The van der Waals surface area contributed by atoms with E-state index in [9.17, 15) is 4.79 Å². The van der Waals surface area contributed by atoms with Gasteiger partial charge in [-0.2, -0.15) is 0 Å². The number of carbonyl (C=O) groups is 1. The highest BCUT2D eigenvalue weighted by Crippen LogP contribution is 2.19. The van der Waals surface area contributed by atoms with Crippen LogP contribution in [0, 0.1) is 0 Å². The number of ether oxygens (including phenoxy) is 2. The van der Waals surface area contributed by atoms with Crippen molar-refractivity contribution in [2.45, 2.75) is 0 Å². The van der Waals surface area contributed by atoms with Gasteiger partial charge in [-0.1, -0.05) is 0 Å². The molecule has 0 aliphatic rings. The molecule has 5 heteroatoms. The lowest BCUT2D eigenvalue weighted by Gasteiger charge is -2.00. The third-order valence-corrected chi connectivity index (χ3v) is 2.34. The summed E-state index contributed by atoms with van der Waals surface area (Å²) in [7, 11) is 2.93. The summed E-state index contributed by atoms with van der Waals surface area (Å²) in [5.41, 5.74) is 1.14. The monoisotopic (exact) mass is 232 g/mol. The molecular formula is C12H12N2O3. The number of hydrogen-bond donors (Lipinski definition) is 1. The highest BCUT2D eigenvalue weighted by atomic mass is 16.5. The van der Waals surface area contributed by atoms with Crippen molar-refractivity contribution in [3.05, 3.63) is 36.2 Å². The molecule has 2 aromatic rings. The number of H-pyrrole nitrogens is 1. The number of aromatic amines is 1. The highest BCUT2D eigenvalue weighted by molar-refractivity contribution is 5.87. The van der Waals surface area contributed by atoms with E-state index in [2.05, 4.69) is 14.7 Å². The van der Waals surface area contributed by atoms with Crippen molar-refractivity contribution in [1.29, 1.82) is 0 Å². The van der Waals surface area contributed by atoms with Crippen molar-refractivity contribution in [3.8, 4) is 17.1 Å². The molecule has 1 aromatic heterocycles. The Bertz CT molecular complexity index is 517. The molecule has 0 aliphatic heterocycles. The lowest BCUT2D eigenvalue weighted by Crippen LogP contribution is -2.00. The van der Waals surface area contributed by atoms with E-state index < -0.39 is 5.97 Å². The van der Waals surface area contributed by atoms with E-state index in [4.69, 9.17) is 4.74 Å². The van der Waals surface area contributed by atoms with Crippen molar-refractivity contribution in [3.63, 3.8) is 0 Å². The molecule has 5 nitrogen and oxygen atoms in total. The zero-order valence-corrected chi connectivity index (χ0v) is 9.56. The van der Waals surface area contributed by atoms with Crippen LogP contribution in [-0.2, 0) is 4.74 Å². The number of nitrogens with zero attached hydrogens (tertiary/aromatic N) is 1. The van der Waals surface area contributed by atoms with Gasteiger partial charge in [0.25, 0.3) is 0 Å². The Morgan fingerprint density at radius 3 is 2.53 bits per heavy atom. The number of imidazole rings is 1. The average Bonchev–Trinajstić information content (AvgIpc) is 2.87. The predicted octanol–water partition coefficient (Wildman–Crippen LogP) is 1.87. The van der Waals surface area contributed by atoms with Crippen LogP contribution in [0.2, 0.25) is 0 Å². The highest BCUT2D eigenvalue weighted by Gasteiger charge is 2.11. The number of aromatic nitrogens is 2. The number of carbonyl (C=O) groups excluding carboxylic acids is 1. The molecule has 0 fully saturated rings. The second kappa shape index (κ2) is 4.69. The van der Waals surface area contributed by atoms with Crippen LogP contribution in [0.5, 0.6) is 5.75 Å². The quantitative estimate of drug-likeness (QED) is 0.820. The summed E-state index contributed by atoms with van der Waals surface area (Å²) < 4.78 is 9.64. The van der Waals surface area contributed by atoms with E-state index in [1.807, 2.05) is 24.3 Å². The molecule has 0 bridgehead atoms. The van der Waals surface area contributed by atoms with Gasteiger partial charge in [0.05, 0.1) is 14.2 Å². The molecule has 1 N–H and O–H groups in total. The molecule has 0 aliphatic carbocycles. The average molecular weight is 232 g/mol. The van der Waals surface area contributed by atoms with Crippen molar-refractivity contribution in [2.24, 2.45) is 0 Å². The smallest absolute Gasteiger partial charge is 0.358 e. The summed E-state index contributed by atoms with van der Waals surface area (Å²) in [6.45, 7) is 0. The molecule has 1 aromatic carbocycles. The molecule has 2 rings (SSSR count). The Balaban J connectivity index is 2.27. The number of nitrogens with one attached hydrogen (secondary N) is 1. The topological polar surface area (TPSA) is 64.2 Å². The Morgan fingerprint density at radius 2 is 1.94 bits per heavy atom. The van der Waals surface area contributed by atoms with Gasteiger partial charge >= 0.3 is 5.97 Å². The number of methoxy groups -OCH3 is 2. The van der Waals surface area contributed by atoms with Gasteiger partial charge in [0, 0.05) is 11.8 Å². The van der Waals surface area contributed by atoms with Gasteiger partial charge in [0.1, 0.15) is 11.6 Å². The van der Waals surface area contributed by atoms with E-state index in [0.717, 1.165) is 11.3 Å². The standard InChI is InChI=1S/C12H12N2O3/c1-16-9-5-3-8(4-6-9)11-13-7-10(14-11)12(15)17-2/h3-7H,1-2H3,(H,13,14). The Labute approximate surface area is 98.4 Å². The molecule has 0 amide bonds. The number of benzene rings is 1. The second-order valence-electron chi connectivity index (χ2n) is 3.35. The molecule has 0 saturated heterocycles. The van der Waals surface area contributed by atoms with Crippen LogP contribution in [-0.4, -0.2) is 30.2 Å². The van der Waals surface area contributed by atoms with Gasteiger partial charge in [-0.05, 0) is 24.3 Å². The minimum absolute atomic E-state index is 0.262. The van der Waals surface area contributed by atoms with E-state index in [1.165, 1.54) is 13.3 Å². The van der Waals surface area contributed by atoms with Crippen LogP contribution >= 0.6 is 0 Å². The zero-order valence-electron chi connectivity index (χ0n) is 9.56. The molecule has 0 atom stereocenters. The van der Waals surface area contributed by atoms with Crippen LogP contribution < -0.4 is 4.74 Å². The Kier molecular flexibility index (Phi) is 3.09. The Morgan fingerprint density at radius 1 is 1.24 bits per heavy atom. The van der Waals surface area contributed by atoms with Crippen LogP contribution in [0.4, 0.5) is 0 Å². The SMILES string of the molecule is COC(=O)c1c[nH]c(-c2ccc(OC)cc2)n1. The summed E-state index contributed by atoms with van der Waals surface area (Å²) >= 11 is 0. The summed E-state index contributed by atoms with van der Waals surface area (Å²) in [4.78, 5) is 18.3. The first-order chi connectivity index (χ1) is 8.24. The van der Waals surface area contributed by atoms with E-state index in [0.29, 0.717) is 5.82 Å². The van der Waals surface area contributed by atoms with Crippen molar-refractivity contribution in [2.75, 3.05) is 14.2 Å². The maximum Gasteiger partial charge on any atom is 0.358 e. The third-order valence-electron chi connectivity index (χ3n) is 2.34. The molecule has 0 spiro atoms. The lowest BCUT2D eigenvalue weighted by atomic mass is 10.2. The van der Waals surface area contributed by atoms with Crippen molar-refractivity contribution >= 4 is 5.97 Å². The van der Waals surface area contributed by atoms with Crippen molar-refractivity contribution < 1.29 is 14.3 Å². The minimum atomic E-state index is -0.457. The molecule has 17 heavy (non-hydrogen) atoms. The molecule has 1 heterocycles. The largest absolute Gasteiger partial charge is 0.497 e. The lowest BCUT2D eigenvalue weighted by molar-refractivity contribution is 0.0595. The number of hydrogen-bond acceptors (Lipinski definition) is 4. The first kappa shape index (κ1) is 11.2. The van der Waals surface area contributed by atoms with E-state index in [1.54, 1.807) is 7.11 Å². The number of rotatable bonds is 3. The summed E-state index contributed by atoms with van der Waals surface area (Å²) in [6.07, 6.45) is 1.52. The van der Waals surface area contributed by atoms with E-state index >= 15 is 0 Å². The minimum Gasteiger partial charge on any atom is -0.497 e. The Hall–Kier alpha value is -2.30. The molecule has 88 valence electrons. The van der Waals surface area contributed by atoms with Gasteiger partial charge in [-0.15, -0.1) is 0 Å². The third kappa shape index (κ3) is 2.28. The molecule has 0 unspecified atom stereocenters. The normalized spacial score (nSPS) is 10.0. The van der Waals surface area contributed by atoms with Gasteiger partial charge in [-0.3, -0.25) is 0 Å². The fraction of sp³-hybridized carbons (Fsp3) is 0.167. The van der Waals surface area contributed by atoms with Gasteiger partial charge in [-0.25, -0.2) is 9.78 Å². The first-order valence-electron chi connectivity index (χ1n) is 5.02. The maximum atomic E-state index is 11.2.